The van der Waals surface area contributed by atoms with Crippen molar-refractivity contribution in [1.82, 2.24) is 0 Å². The van der Waals surface area contributed by atoms with Crippen LogP contribution in [0.3, 0.4) is 0 Å². The Morgan fingerprint density at radius 1 is 0.950 bits per heavy atom. The third-order valence-electron chi connectivity index (χ3n) is 2.99. The average Bonchev–Trinajstić information content (AvgIpc) is 2.37. The third kappa shape index (κ3) is 2.35. The van der Waals surface area contributed by atoms with Crippen molar-refractivity contribution < 1.29 is 13.3 Å². The number of hydrogen-bond acceptors (Lipinski definition) is 3. The van der Waals surface area contributed by atoms with Crippen molar-refractivity contribution >= 4 is 21.2 Å². The van der Waals surface area contributed by atoms with Crippen LogP contribution in [-0.2, 0) is 8.78 Å². The largest absolute Gasteiger partial charge is 0.421 e. The van der Waals surface area contributed by atoms with Crippen LogP contribution in [0.15, 0.2) is 48.5 Å². The van der Waals surface area contributed by atoms with Gasteiger partial charge in [0, 0.05) is 11.1 Å². The van der Waals surface area contributed by atoms with Gasteiger partial charge in [-0.1, -0.05) is 36.4 Å². The van der Waals surface area contributed by atoms with E-state index in [1.165, 1.54) is 0 Å². The lowest BCUT2D eigenvalue weighted by Crippen LogP contribution is -2.30. The Morgan fingerprint density at radius 2 is 1.55 bits per heavy atom. The third-order valence-corrected chi connectivity index (χ3v) is 7.56. The first kappa shape index (κ1) is 13.6. The van der Waals surface area contributed by atoms with Gasteiger partial charge < -0.3 is 8.74 Å². The van der Waals surface area contributed by atoms with Crippen molar-refractivity contribution in [2.45, 2.75) is 19.6 Å². The summed E-state index contributed by atoms with van der Waals surface area (Å²) in [5.74, 6) is 0.632. The standard InChI is InChI=1S/C15H17O3PSi/c1-20(2,3)18-19(16)15-11-7-5-9-13(15)12-8-4-6-10-14(12)17-19/h4-11H,1-3H3. The summed E-state index contributed by atoms with van der Waals surface area (Å²) < 4.78 is 24.9. The van der Waals surface area contributed by atoms with Crippen molar-refractivity contribution in [2.75, 3.05) is 0 Å². The van der Waals surface area contributed by atoms with Crippen LogP contribution >= 0.6 is 7.60 Å². The van der Waals surface area contributed by atoms with E-state index >= 15 is 0 Å². The predicted octanol–water partition coefficient (Wildman–Crippen LogP) is 4.42. The molecule has 5 heteroatoms. The molecule has 104 valence electrons. The average molecular weight is 304 g/mol. The van der Waals surface area contributed by atoms with Crippen molar-refractivity contribution in [3.8, 4) is 16.9 Å². The molecule has 1 atom stereocenters. The fourth-order valence-corrected chi connectivity index (χ4v) is 7.02. The van der Waals surface area contributed by atoms with E-state index in [4.69, 9.17) is 8.74 Å². The van der Waals surface area contributed by atoms with Gasteiger partial charge in [0.1, 0.15) is 5.75 Å². The van der Waals surface area contributed by atoms with Gasteiger partial charge in [0.25, 0.3) is 0 Å². The second kappa shape index (κ2) is 4.59. The first-order chi connectivity index (χ1) is 9.39. The van der Waals surface area contributed by atoms with E-state index in [0.717, 1.165) is 11.1 Å². The van der Waals surface area contributed by atoms with Crippen molar-refractivity contribution in [3.63, 3.8) is 0 Å². The Hall–Kier alpha value is -1.35. The Labute approximate surface area is 120 Å². The van der Waals surface area contributed by atoms with E-state index in [0.29, 0.717) is 11.1 Å². The molecule has 0 N–H and O–H groups in total. The molecule has 0 aromatic heterocycles. The zero-order valence-corrected chi connectivity index (χ0v) is 13.7. The van der Waals surface area contributed by atoms with Crippen molar-refractivity contribution in [1.29, 1.82) is 0 Å². The Bertz CT molecular complexity index is 706. The lowest BCUT2D eigenvalue weighted by molar-refractivity contribution is 0.397. The molecule has 1 unspecified atom stereocenters. The van der Waals surface area contributed by atoms with Gasteiger partial charge in [-0.15, -0.1) is 0 Å². The smallest absolute Gasteiger partial charge is 0.401 e. The highest BCUT2D eigenvalue weighted by Crippen LogP contribution is 2.56. The fraction of sp³-hybridized carbons (Fsp3) is 0.200. The molecule has 0 aliphatic carbocycles. The zero-order chi connectivity index (χ0) is 14.4. The molecule has 0 bridgehead atoms. The van der Waals surface area contributed by atoms with E-state index in [-0.39, 0.29) is 0 Å². The van der Waals surface area contributed by atoms with Crippen LogP contribution < -0.4 is 9.83 Å². The number of benzene rings is 2. The number of para-hydroxylation sites is 1. The molecule has 0 fully saturated rings. The molecule has 1 aliphatic rings. The molecule has 0 amide bonds. The second-order valence-electron chi connectivity index (χ2n) is 5.81. The molecule has 0 spiro atoms. The molecule has 3 rings (SSSR count). The molecule has 2 aromatic carbocycles. The van der Waals surface area contributed by atoms with Crippen LogP contribution in [0.1, 0.15) is 0 Å². The SMILES string of the molecule is C[Si](C)(C)OP1(=O)Oc2ccccc2-c2ccccc21. The Kier molecular flexibility index (Phi) is 3.13. The molecule has 2 aromatic rings. The molecular weight excluding hydrogens is 287 g/mol. The summed E-state index contributed by atoms with van der Waals surface area (Å²) in [6, 6.07) is 15.3. The highest BCUT2D eigenvalue weighted by atomic mass is 31.2. The summed E-state index contributed by atoms with van der Waals surface area (Å²) in [6.45, 7) is 6.04. The molecule has 0 saturated heterocycles. The predicted molar refractivity (Wildman–Crippen MR) is 84.2 cm³/mol. The maximum absolute atomic E-state index is 13.2. The summed E-state index contributed by atoms with van der Waals surface area (Å²) in [6.07, 6.45) is 0. The van der Waals surface area contributed by atoms with Gasteiger partial charge in [0.15, 0.2) is 8.32 Å². The summed E-state index contributed by atoms with van der Waals surface area (Å²) in [4.78, 5) is 0. The molecule has 1 heterocycles. The van der Waals surface area contributed by atoms with Gasteiger partial charge >= 0.3 is 7.60 Å². The fourth-order valence-electron chi connectivity index (χ4n) is 2.32. The van der Waals surface area contributed by atoms with Crippen LogP contribution in [0.4, 0.5) is 0 Å². The number of hydrogen-bond donors (Lipinski definition) is 0. The normalized spacial score (nSPS) is 20.8. The highest BCUT2D eigenvalue weighted by Gasteiger charge is 2.40. The monoisotopic (exact) mass is 304 g/mol. The first-order valence-corrected chi connectivity index (χ1v) is 11.5. The van der Waals surface area contributed by atoms with Gasteiger partial charge in [0.2, 0.25) is 0 Å². The Balaban J connectivity index is 2.21. The summed E-state index contributed by atoms with van der Waals surface area (Å²) in [7, 11) is -5.29. The van der Waals surface area contributed by atoms with Crippen LogP contribution in [0.5, 0.6) is 5.75 Å². The summed E-state index contributed by atoms with van der Waals surface area (Å²) >= 11 is 0. The van der Waals surface area contributed by atoms with Crippen LogP contribution in [0, 0.1) is 0 Å². The maximum atomic E-state index is 13.2. The molecule has 3 nitrogen and oxygen atoms in total. The van der Waals surface area contributed by atoms with E-state index in [1.807, 2.05) is 68.2 Å². The zero-order valence-electron chi connectivity index (χ0n) is 11.8. The molecule has 1 aliphatic heterocycles. The van der Waals surface area contributed by atoms with Crippen molar-refractivity contribution in [3.05, 3.63) is 48.5 Å². The molecule has 0 radical (unpaired) electrons. The number of rotatable bonds is 2. The van der Waals surface area contributed by atoms with E-state index in [9.17, 15) is 4.57 Å². The topological polar surface area (TPSA) is 35.5 Å². The quantitative estimate of drug-likeness (QED) is 0.609. The molecule has 20 heavy (non-hydrogen) atoms. The Morgan fingerprint density at radius 3 is 2.25 bits per heavy atom. The minimum absolute atomic E-state index is 0.632. The summed E-state index contributed by atoms with van der Waals surface area (Å²) in [5.41, 5.74) is 1.91. The second-order valence-corrected chi connectivity index (χ2v) is 12.4. The van der Waals surface area contributed by atoms with Gasteiger partial charge in [-0.05, 0) is 31.8 Å². The first-order valence-electron chi connectivity index (χ1n) is 6.58. The molecule has 0 saturated carbocycles. The van der Waals surface area contributed by atoms with E-state index in [1.54, 1.807) is 0 Å². The van der Waals surface area contributed by atoms with Gasteiger partial charge in [-0.3, -0.25) is 0 Å². The minimum Gasteiger partial charge on any atom is -0.421 e. The summed E-state index contributed by atoms with van der Waals surface area (Å²) in [5, 5.41) is 0.668. The van der Waals surface area contributed by atoms with E-state index < -0.39 is 15.9 Å². The van der Waals surface area contributed by atoms with Gasteiger partial charge in [-0.25, -0.2) is 4.57 Å². The lowest BCUT2D eigenvalue weighted by atomic mass is 10.0. The van der Waals surface area contributed by atoms with Crippen molar-refractivity contribution in [2.24, 2.45) is 0 Å². The minimum atomic E-state index is -3.30. The van der Waals surface area contributed by atoms with Gasteiger partial charge in [-0.2, -0.15) is 0 Å². The highest BCUT2D eigenvalue weighted by molar-refractivity contribution is 7.64. The maximum Gasteiger partial charge on any atom is 0.401 e. The van der Waals surface area contributed by atoms with Crippen LogP contribution in [-0.4, -0.2) is 8.32 Å². The van der Waals surface area contributed by atoms with Crippen LogP contribution in [0.25, 0.3) is 11.1 Å². The lowest BCUT2D eigenvalue weighted by Gasteiger charge is -2.31. The number of fused-ring (bicyclic) bond motifs is 3. The van der Waals surface area contributed by atoms with Crippen LogP contribution in [0.2, 0.25) is 19.6 Å². The van der Waals surface area contributed by atoms with E-state index in [2.05, 4.69) is 0 Å². The van der Waals surface area contributed by atoms with Gasteiger partial charge in [0.05, 0.1) is 5.30 Å². The molecular formula is C15H17O3PSi.